The van der Waals surface area contributed by atoms with Crippen LogP contribution in [0, 0.1) is 0 Å². The number of nitrogens with zero attached hydrogens (tertiary/aromatic N) is 1. The zero-order chi connectivity index (χ0) is 16.0. The molecule has 1 unspecified atom stereocenters. The molecule has 0 aromatic heterocycles. The molecular formula is C20H16BrNO. The van der Waals surface area contributed by atoms with Crippen LogP contribution in [0.1, 0.15) is 23.5 Å². The fourth-order valence-electron chi connectivity index (χ4n) is 3.51. The third-order valence-corrected chi connectivity index (χ3v) is 5.41. The predicted octanol–water partition coefficient (Wildman–Crippen LogP) is 5.10. The van der Waals surface area contributed by atoms with Gasteiger partial charge in [-0.3, -0.25) is 4.79 Å². The SMILES string of the molecule is CN1C(=O)CC(c2ccccc2Br)c2c1ccc1ccccc21. The van der Waals surface area contributed by atoms with Gasteiger partial charge < -0.3 is 4.90 Å². The van der Waals surface area contributed by atoms with Crippen LogP contribution in [0.4, 0.5) is 5.69 Å². The van der Waals surface area contributed by atoms with Crippen molar-refractivity contribution in [2.45, 2.75) is 12.3 Å². The minimum absolute atomic E-state index is 0.0791. The van der Waals surface area contributed by atoms with Crippen molar-refractivity contribution in [2.75, 3.05) is 11.9 Å². The molecule has 0 aliphatic carbocycles. The van der Waals surface area contributed by atoms with Gasteiger partial charge in [0.05, 0.1) is 0 Å². The molecule has 1 heterocycles. The largest absolute Gasteiger partial charge is 0.315 e. The quantitative estimate of drug-likeness (QED) is 0.587. The number of hydrogen-bond donors (Lipinski definition) is 0. The van der Waals surface area contributed by atoms with Crippen molar-refractivity contribution >= 4 is 38.3 Å². The van der Waals surface area contributed by atoms with Gasteiger partial charge in [0.15, 0.2) is 0 Å². The number of amides is 1. The number of benzene rings is 3. The Morgan fingerprint density at radius 2 is 1.74 bits per heavy atom. The Kier molecular flexibility index (Phi) is 3.46. The molecule has 1 atom stereocenters. The molecule has 4 rings (SSSR count). The highest BCUT2D eigenvalue weighted by atomic mass is 79.9. The van der Waals surface area contributed by atoms with E-state index in [0.717, 1.165) is 10.2 Å². The third kappa shape index (κ3) is 2.27. The Balaban J connectivity index is 2.04. The van der Waals surface area contributed by atoms with E-state index in [1.807, 2.05) is 25.2 Å². The topological polar surface area (TPSA) is 20.3 Å². The van der Waals surface area contributed by atoms with Crippen LogP contribution < -0.4 is 4.90 Å². The maximum absolute atomic E-state index is 12.5. The van der Waals surface area contributed by atoms with Gasteiger partial charge in [-0.25, -0.2) is 0 Å². The lowest BCUT2D eigenvalue weighted by Gasteiger charge is -2.33. The van der Waals surface area contributed by atoms with Gasteiger partial charge in [-0.1, -0.05) is 64.5 Å². The standard InChI is InChI=1S/C20H16BrNO/c1-22-18-11-10-13-6-2-3-7-14(13)20(18)16(12-19(22)23)15-8-4-5-9-17(15)21/h2-11,16H,12H2,1H3. The second-order valence-corrected chi connectivity index (χ2v) is 6.80. The van der Waals surface area contributed by atoms with Crippen molar-refractivity contribution in [3.63, 3.8) is 0 Å². The summed E-state index contributed by atoms with van der Waals surface area (Å²) in [5, 5.41) is 2.44. The summed E-state index contributed by atoms with van der Waals surface area (Å²) in [6.45, 7) is 0. The van der Waals surface area contributed by atoms with E-state index in [1.165, 1.54) is 21.9 Å². The molecule has 0 N–H and O–H groups in total. The number of rotatable bonds is 1. The molecular weight excluding hydrogens is 350 g/mol. The number of carbonyl (C=O) groups is 1. The van der Waals surface area contributed by atoms with E-state index in [-0.39, 0.29) is 11.8 Å². The van der Waals surface area contributed by atoms with Crippen molar-refractivity contribution in [3.05, 3.63) is 76.3 Å². The molecule has 2 nitrogen and oxygen atoms in total. The van der Waals surface area contributed by atoms with Crippen molar-refractivity contribution in [1.29, 1.82) is 0 Å². The van der Waals surface area contributed by atoms with Gasteiger partial charge in [0.25, 0.3) is 0 Å². The number of halogens is 1. The monoisotopic (exact) mass is 365 g/mol. The first kappa shape index (κ1) is 14.5. The lowest BCUT2D eigenvalue weighted by atomic mass is 9.81. The maximum atomic E-state index is 12.5. The van der Waals surface area contributed by atoms with Crippen molar-refractivity contribution in [2.24, 2.45) is 0 Å². The van der Waals surface area contributed by atoms with Crippen molar-refractivity contribution in [1.82, 2.24) is 0 Å². The summed E-state index contributed by atoms with van der Waals surface area (Å²) >= 11 is 3.66. The first-order valence-corrected chi connectivity index (χ1v) is 8.49. The number of anilines is 1. The van der Waals surface area contributed by atoms with Gasteiger partial charge in [-0.05, 0) is 34.0 Å². The molecule has 0 radical (unpaired) electrons. The highest BCUT2D eigenvalue weighted by Crippen LogP contribution is 2.44. The summed E-state index contributed by atoms with van der Waals surface area (Å²) in [6.07, 6.45) is 0.500. The molecule has 0 spiro atoms. The number of carbonyl (C=O) groups excluding carboxylic acids is 1. The first-order valence-electron chi connectivity index (χ1n) is 7.69. The van der Waals surface area contributed by atoms with Crippen LogP contribution in [0.25, 0.3) is 10.8 Å². The average Bonchev–Trinajstić information content (AvgIpc) is 2.58. The van der Waals surface area contributed by atoms with E-state index in [0.29, 0.717) is 6.42 Å². The molecule has 1 aliphatic heterocycles. The van der Waals surface area contributed by atoms with Crippen LogP contribution >= 0.6 is 15.9 Å². The summed E-state index contributed by atoms with van der Waals surface area (Å²) in [4.78, 5) is 14.3. The van der Waals surface area contributed by atoms with Gasteiger partial charge in [-0.2, -0.15) is 0 Å². The van der Waals surface area contributed by atoms with Crippen LogP contribution in [0.15, 0.2) is 65.1 Å². The average molecular weight is 366 g/mol. The minimum Gasteiger partial charge on any atom is -0.315 e. The Hall–Kier alpha value is -2.13. The van der Waals surface area contributed by atoms with Gasteiger partial charge in [0.1, 0.15) is 0 Å². The van der Waals surface area contributed by atoms with Crippen molar-refractivity contribution < 1.29 is 4.79 Å². The number of fused-ring (bicyclic) bond motifs is 3. The summed E-state index contributed by atoms with van der Waals surface area (Å²) in [5.74, 6) is 0.240. The highest BCUT2D eigenvalue weighted by molar-refractivity contribution is 9.10. The number of hydrogen-bond acceptors (Lipinski definition) is 1. The second-order valence-electron chi connectivity index (χ2n) is 5.95. The molecule has 3 heteroatoms. The van der Waals surface area contributed by atoms with Crippen LogP contribution in [0.2, 0.25) is 0 Å². The zero-order valence-electron chi connectivity index (χ0n) is 12.8. The molecule has 0 saturated heterocycles. The van der Waals surface area contributed by atoms with Crippen LogP contribution in [0.5, 0.6) is 0 Å². The zero-order valence-corrected chi connectivity index (χ0v) is 14.4. The minimum atomic E-state index is 0.0791. The van der Waals surface area contributed by atoms with Gasteiger partial charge in [0, 0.05) is 29.5 Å². The first-order chi connectivity index (χ1) is 11.2. The van der Waals surface area contributed by atoms with Gasteiger partial charge >= 0.3 is 0 Å². The fourth-order valence-corrected chi connectivity index (χ4v) is 4.08. The van der Waals surface area contributed by atoms with Gasteiger partial charge in [-0.15, -0.1) is 0 Å². The van der Waals surface area contributed by atoms with E-state index in [4.69, 9.17) is 0 Å². The fraction of sp³-hybridized carbons (Fsp3) is 0.150. The van der Waals surface area contributed by atoms with E-state index in [1.54, 1.807) is 4.90 Å². The highest BCUT2D eigenvalue weighted by Gasteiger charge is 2.32. The molecule has 1 aliphatic rings. The Morgan fingerprint density at radius 1 is 1.00 bits per heavy atom. The summed E-state index contributed by atoms with van der Waals surface area (Å²) in [7, 11) is 1.87. The Morgan fingerprint density at radius 3 is 2.57 bits per heavy atom. The summed E-state index contributed by atoms with van der Waals surface area (Å²) < 4.78 is 1.06. The molecule has 3 aromatic rings. The third-order valence-electron chi connectivity index (χ3n) is 4.69. The van der Waals surface area contributed by atoms with E-state index < -0.39 is 0 Å². The molecule has 3 aromatic carbocycles. The Bertz CT molecular complexity index is 918. The lowest BCUT2D eigenvalue weighted by molar-refractivity contribution is -0.118. The van der Waals surface area contributed by atoms with Crippen LogP contribution in [-0.2, 0) is 4.79 Å². The molecule has 1 amide bonds. The van der Waals surface area contributed by atoms with Crippen LogP contribution in [0.3, 0.4) is 0 Å². The summed E-state index contributed by atoms with van der Waals surface area (Å²) in [5.41, 5.74) is 3.43. The molecule has 0 bridgehead atoms. The smallest absolute Gasteiger partial charge is 0.227 e. The molecule has 0 fully saturated rings. The second kappa shape index (κ2) is 5.50. The maximum Gasteiger partial charge on any atom is 0.227 e. The normalized spacial score (nSPS) is 17.4. The predicted molar refractivity (Wildman–Crippen MR) is 98.0 cm³/mol. The molecule has 23 heavy (non-hydrogen) atoms. The molecule has 0 saturated carbocycles. The van der Waals surface area contributed by atoms with Gasteiger partial charge in [0.2, 0.25) is 5.91 Å². The lowest BCUT2D eigenvalue weighted by Crippen LogP contribution is -2.33. The summed E-state index contributed by atoms with van der Waals surface area (Å²) in [6, 6.07) is 20.8. The van der Waals surface area contributed by atoms with E-state index in [2.05, 4.69) is 58.4 Å². The Labute approximate surface area is 143 Å². The van der Waals surface area contributed by atoms with Crippen LogP contribution in [-0.4, -0.2) is 13.0 Å². The van der Waals surface area contributed by atoms with E-state index >= 15 is 0 Å². The van der Waals surface area contributed by atoms with Crippen molar-refractivity contribution in [3.8, 4) is 0 Å². The molecule has 114 valence electrons. The van der Waals surface area contributed by atoms with E-state index in [9.17, 15) is 4.79 Å².